The summed E-state index contributed by atoms with van der Waals surface area (Å²) in [5.74, 6) is -3.40. The molecule has 5 rings (SSSR count). The van der Waals surface area contributed by atoms with Crippen LogP contribution in [0.4, 0.5) is 26.3 Å². The van der Waals surface area contributed by atoms with Crippen LogP contribution in [0.3, 0.4) is 0 Å². The fraction of sp³-hybridized carbons (Fsp3) is 0.480. The predicted molar refractivity (Wildman–Crippen MR) is 134 cm³/mol. The zero-order chi connectivity index (χ0) is 32.2. The fourth-order valence-corrected chi connectivity index (χ4v) is 4.95. The molecule has 2 aliphatic rings. The molecule has 1 fully saturated rings. The molecule has 2 aliphatic heterocycles. The Hall–Kier alpha value is -4.35. The summed E-state index contributed by atoms with van der Waals surface area (Å²) in [4.78, 5) is 39.6. The molecule has 0 aliphatic carbocycles. The maximum Gasteiger partial charge on any atom is 0.490 e. The summed E-state index contributed by atoms with van der Waals surface area (Å²) in [5, 5.41) is 18.6. The highest BCUT2D eigenvalue weighted by Gasteiger charge is 2.48. The van der Waals surface area contributed by atoms with E-state index in [1.165, 1.54) is 0 Å². The molecule has 1 spiro atoms. The lowest BCUT2D eigenvalue weighted by atomic mass is 9.83. The van der Waals surface area contributed by atoms with Gasteiger partial charge >= 0.3 is 24.3 Å². The lowest BCUT2D eigenvalue weighted by molar-refractivity contribution is -0.193. The van der Waals surface area contributed by atoms with Crippen molar-refractivity contribution in [1.82, 2.24) is 29.1 Å². The number of likely N-dealkylation sites (tertiary alicyclic amines) is 1. The number of carboxylic acid groups (broad SMARTS) is 2. The van der Waals surface area contributed by atoms with E-state index in [0.717, 1.165) is 61.9 Å². The Morgan fingerprint density at radius 1 is 0.977 bits per heavy atom. The summed E-state index contributed by atoms with van der Waals surface area (Å²) in [6, 6.07) is 3.94. The lowest BCUT2D eigenvalue weighted by Gasteiger charge is -2.50. The van der Waals surface area contributed by atoms with Gasteiger partial charge in [-0.05, 0) is 25.0 Å². The van der Waals surface area contributed by atoms with E-state index in [0.29, 0.717) is 6.54 Å². The summed E-state index contributed by atoms with van der Waals surface area (Å²) in [6.07, 6.45) is -0.878. The molecule has 0 bridgehead atoms. The van der Waals surface area contributed by atoms with E-state index >= 15 is 0 Å². The molecule has 0 saturated carbocycles. The Bertz CT molecular complexity index is 1380. The molecule has 1 amide bonds. The number of carboxylic acids is 2. The zero-order valence-electron chi connectivity index (χ0n) is 22.9. The number of hydrogen-bond donors (Lipinski definition) is 2. The number of alkyl halides is 6. The maximum absolute atomic E-state index is 12.5. The van der Waals surface area contributed by atoms with Crippen LogP contribution in [0.15, 0.2) is 41.4 Å². The molecule has 18 heteroatoms. The summed E-state index contributed by atoms with van der Waals surface area (Å²) in [7, 11) is 1.92. The first-order valence-electron chi connectivity index (χ1n) is 12.6. The van der Waals surface area contributed by atoms with E-state index in [9.17, 15) is 31.1 Å². The highest BCUT2D eigenvalue weighted by molar-refractivity contribution is 5.75. The SMILES string of the molecule is CC(=O)N1CCn2c(-c3cnn(C)c3)cnc2C12CCN(Cc1ccco1)CC2.O=C(O)C(F)(F)F.O=C(O)C(F)(F)F. The molecule has 2 N–H and O–H groups in total. The second kappa shape index (κ2) is 12.9. The first-order valence-corrected chi connectivity index (χ1v) is 12.6. The number of aliphatic carboxylic acids is 2. The molecule has 3 aromatic heterocycles. The van der Waals surface area contributed by atoms with Crippen molar-refractivity contribution in [2.45, 2.75) is 50.7 Å². The molecule has 3 aromatic rings. The minimum Gasteiger partial charge on any atom is -0.475 e. The molecule has 12 nitrogen and oxygen atoms in total. The molecule has 0 unspecified atom stereocenters. The Kier molecular flexibility index (Phi) is 9.93. The highest BCUT2D eigenvalue weighted by atomic mass is 19.4. The predicted octanol–water partition coefficient (Wildman–Crippen LogP) is 3.50. The van der Waals surface area contributed by atoms with E-state index in [2.05, 4.69) is 14.6 Å². The lowest BCUT2D eigenvalue weighted by Crippen LogP contribution is -2.59. The maximum atomic E-state index is 12.5. The van der Waals surface area contributed by atoms with Crippen LogP contribution in [-0.2, 0) is 40.1 Å². The van der Waals surface area contributed by atoms with Crippen LogP contribution in [0.25, 0.3) is 11.3 Å². The van der Waals surface area contributed by atoms with Crippen LogP contribution < -0.4 is 0 Å². The van der Waals surface area contributed by atoms with Crippen LogP contribution in [0.1, 0.15) is 31.4 Å². The van der Waals surface area contributed by atoms with Gasteiger partial charge in [-0.25, -0.2) is 14.6 Å². The first-order chi connectivity index (χ1) is 20.0. The normalized spacial score (nSPS) is 16.4. The molecular formula is C25H28F6N6O6. The van der Waals surface area contributed by atoms with Gasteiger partial charge in [-0.15, -0.1) is 0 Å². The van der Waals surface area contributed by atoms with Crippen molar-refractivity contribution in [1.29, 1.82) is 0 Å². The number of carbonyl (C=O) groups is 3. The fourth-order valence-electron chi connectivity index (χ4n) is 4.95. The van der Waals surface area contributed by atoms with Crippen LogP contribution in [0, 0.1) is 0 Å². The van der Waals surface area contributed by atoms with Gasteiger partial charge in [0.1, 0.15) is 17.1 Å². The van der Waals surface area contributed by atoms with Gasteiger partial charge in [0.15, 0.2) is 0 Å². The van der Waals surface area contributed by atoms with Crippen LogP contribution in [0.5, 0.6) is 0 Å². The van der Waals surface area contributed by atoms with Gasteiger partial charge in [0.25, 0.3) is 0 Å². The summed E-state index contributed by atoms with van der Waals surface area (Å²) in [5.41, 5.74) is 1.80. The topological polar surface area (TPSA) is 147 Å². The van der Waals surface area contributed by atoms with Gasteiger partial charge in [0.2, 0.25) is 5.91 Å². The number of halogens is 6. The third-order valence-electron chi connectivity index (χ3n) is 6.84. The van der Waals surface area contributed by atoms with Crippen LogP contribution in [-0.4, -0.2) is 89.2 Å². The second-order valence-corrected chi connectivity index (χ2v) is 9.68. The van der Waals surface area contributed by atoms with Crippen molar-refractivity contribution < 1.29 is 55.4 Å². The molecule has 0 radical (unpaired) electrons. The third kappa shape index (κ3) is 7.94. The van der Waals surface area contributed by atoms with Crippen molar-refractivity contribution >= 4 is 17.8 Å². The minimum absolute atomic E-state index is 0.127. The van der Waals surface area contributed by atoms with E-state index in [4.69, 9.17) is 29.2 Å². The van der Waals surface area contributed by atoms with Gasteiger partial charge in [-0.3, -0.25) is 14.4 Å². The van der Waals surface area contributed by atoms with E-state index in [1.807, 2.05) is 47.4 Å². The number of amides is 1. The van der Waals surface area contributed by atoms with Gasteiger partial charge in [0, 0.05) is 51.9 Å². The van der Waals surface area contributed by atoms with E-state index in [-0.39, 0.29) is 11.4 Å². The number of furan rings is 1. The molecule has 0 aromatic carbocycles. The number of piperidine rings is 1. The monoisotopic (exact) mass is 622 g/mol. The molecule has 1 saturated heterocycles. The number of aromatic nitrogens is 4. The minimum atomic E-state index is -5.08. The van der Waals surface area contributed by atoms with E-state index in [1.54, 1.807) is 13.2 Å². The van der Waals surface area contributed by atoms with E-state index < -0.39 is 24.3 Å². The molecular weight excluding hydrogens is 594 g/mol. The second-order valence-electron chi connectivity index (χ2n) is 9.68. The highest BCUT2D eigenvalue weighted by Crippen LogP contribution is 2.42. The standard InChI is InChI=1S/C21H26N6O2.2C2HF3O2/c1-16(28)27-10-9-26-19(17-12-23-24(2)14-17)13-22-20(26)21(27)5-7-25(8-6-21)15-18-4-3-11-29-18;2*3-2(4,5)1(6)7/h3-4,11-14H,5-10,15H2,1-2H3;2*(H,6,7). The average molecular weight is 623 g/mol. The average Bonchev–Trinajstić information content (AvgIpc) is 3.66. The number of nitrogens with zero attached hydrogens (tertiary/aromatic N) is 6. The Morgan fingerprint density at radius 3 is 2.00 bits per heavy atom. The quantitative estimate of drug-likeness (QED) is 0.419. The molecule has 5 heterocycles. The van der Waals surface area contributed by atoms with Crippen LogP contribution in [0.2, 0.25) is 0 Å². The van der Waals surface area contributed by atoms with Crippen molar-refractivity contribution in [3.8, 4) is 11.3 Å². The number of rotatable bonds is 3. The molecule has 236 valence electrons. The number of hydrogen-bond acceptors (Lipinski definition) is 7. The third-order valence-corrected chi connectivity index (χ3v) is 6.84. The van der Waals surface area contributed by atoms with Gasteiger partial charge in [0.05, 0.1) is 30.9 Å². The Labute approximate surface area is 240 Å². The van der Waals surface area contributed by atoms with Gasteiger partial charge in [-0.1, -0.05) is 0 Å². The van der Waals surface area contributed by atoms with Crippen molar-refractivity contribution in [2.24, 2.45) is 7.05 Å². The van der Waals surface area contributed by atoms with Crippen LogP contribution >= 0.6 is 0 Å². The van der Waals surface area contributed by atoms with Gasteiger partial charge < -0.3 is 24.1 Å². The molecule has 43 heavy (non-hydrogen) atoms. The summed E-state index contributed by atoms with van der Waals surface area (Å²) < 4.78 is 73.1. The number of imidazole rings is 1. The number of fused-ring (bicyclic) bond motifs is 2. The Balaban J connectivity index is 0.000000303. The number of aryl methyl sites for hydroxylation is 1. The van der Waals surface area contributed by atoms with Gasteiger partial charge in [-0.2, -0.15) is 31.4 Å². The summed E-state index contributed by atoms with van der Waals surface area (Å²) >= 11 is 0. The summed E-state index contributed by atoms with van der Waals surface area (Å²) in [6.45, 7) is 5.76. The smallest absolute Gasteiger partial charge is 0.475 e. The Morgan fingerprint density at radius 2 is 1.56 bits per heavy atom. The number of carbonyl (C=O) groups excluding carboxylic acids is 1. The molecule has 0 atom stereocenters. The van der Waals surface area contributed by atoms with Crippen molar-refractivity contribution in [2.75, 3.05) is 19.6 Å². The van der Waals surface area contributed by atoms with Crippen molar-refractivity contribution in [3.05, 3.63) is 48.6 Å². The largest absolute Gasteiger partial charge is 0.490 e. The first kappa shape index (κ1) is 33.2. The van der Waals surface area contributed by atoms with Crippen molar-refractivity contribution in [3.63, 3.8) is 0 Å². The zero-order valence-corrected chi connectivity index (χ0v) is 22.9.